The van der Waals surface area contributed by atoms with Crippen LogP contribution in [0.25, 0.3) is 11.1 Å². The zero-order chi connectivity index (χ0) is 16.1. The first kappa shape index (κ1) is 15.0. The molecule has 22 heavy (non-hydrogen) atoms. The molecular formula is C15H15N5O2. The van der Waals surface area contributed by atoms with Gasteiger partial charge in [0.05, 0.1) is 11.3 Å². The van der Waals surface area contributed by atoms with Crippen molar-refractivity contribution in [3.05, 3.63) is 54.1 Å². The molecule has 0 spiro atoms. The SMILES string of the molecule is NC(N)=NC(N)=Nc1cccc(-c2ccc(C(=O)O)cc2)c1. The second-order valence-electron chi connectivity index (χ2n) is 4.44. The van der Waals surface area contributed by atoms with Crippen molar-refractivity contribution in [3.63, 3.8) is 0 Å². The molecule has 0 aromatic heterocycles. The number of carboxylic acids is 1. The van der Waals surface area contributed by atoms with Crippen LogP contribution < -0.4 is 17.2 Å². The van der Waals surface area contributed by atoms with Crippen molar-refractivity contribution in [1.82, 2.24) is 0 Å². The number of hydrogen-bond donors (Lipinski definition) is 4. The third-order valence-electron chi connectivity index (χ3n) is 2.80. The van der Waals surface area contributed by atoms with Gasteiger partial charge in [0.1, 0.15) is 0 Å². The highest BCUT2D eigenvalue weighted by Crippen LogP contribution is 2.24. The van der Waals surface area contributed by atoms with E-state index in [0.717, 1.165) is 11.1 Å². The number of guanidine groups is 2. The molecule has 0 unspecified atom stereocenters. The lowest BCUT2D eigenvalue weighted by Crippen LogP contribution is -2.26. The Morgan fingerprint density at radius 1 is 0.955 bits per heavy atom. The lowest BCUT2D eigenvalue weighted by atomic mass is 10.0. The van der Waals surface area contributed by atoms with Crippen LogP contribution >= 0.6 is 0 Å². The highest BCUT2D eigenvalue weighted by molar-refractivity contribution is 5.93. The third kappa shape index (κ3) is 3.83. The quantitative estimate of drug-likeness (QED) is 0.499. The molecule has 2 rings (SSSR count). The first-order valence-electron chi connectivity index (χ1n) is 6.33. The van der Waals surface area contributed by atoms with Crippen molar-refractivity contribution in [3.8, 4) is 11.1 Å². The molecule has 2 aromatic carbocycles. The summed E-state index contributed by atoms with van der Waals surface area (Å²) >= 11 is 0. The Kier molecular flexibility index (Phi) is 4.38. The Morgan fingerprint density at radius 2 is 1.64 bits per heavy atom. The number of nitrogens with zero attached hydrogens (tertiary/aromatic N) is 2. The molecule has 112 valence electrons. The zero-order valence-corrected chi connectivity index (χ0v) is 11.6. The lowest BCUT2D eigenvalue weighted by Gasteiger charge is -2.04. The Morgan fingerprint density at radius 3 is 2.23 bits per heavy atom. The summed E-state index contributed by atoms with van der Waals surface area (Å²) in [7, 11) is 0. The van der Waals surface area contributed by atoms with E-state index in [1.54, 1.807) is 36.4 Å². The molecule has 0 radical (unpaired) electrons. The number of aliphatic imine (C=N–C) groups is 2. The summed E-state index contributed by atoms with van der Waals surface area (Å²) in [4.78, 5) is 18.6. The largest absolute Gasteiger partial charge is 0.478 e. The fourth-order valence-corrected chi connectivity index (χ4v) is 1.85. The molecule has 0 saturated heterocycles. The van der Waals surface area contributed by atoms with Crippen LogP contribution in [0.15, 0.2) is 58.5 Å². The van der Waals surface area contributed by atoms with Gasteiger partial charge in [-0.15, -0.1) is 0 Å². The number of carbonyl (C=O) groups is 1. The minimum atomic E-state index is -0.963. The third-order valence-corrected chi connectivity index (χ3v) is 2.80. The maximum Gasteiger partial charge on any atom is 0.335 e. The molecule has 0 aliphatic rings. The molecule has 0 aliphatic carbocycles. The smallest absolute Gasteiger partial charge is 0.335 e. The van der Waals surface area contributed by atoms with Gasteiger partial charge in [0.2, 0.25) is 5.96 Å². The number of carboxylic acid groups (broad SMARTS) is 1. The Bertz CT molecular complexity index is 747. The van der Waals surface area contributed by atoms with Gasteiger partial charge in [-0.3, -0.25) is 0 Å². The Hall–Kier alpha value is -3.35. The van der Waals surface area contributed by atoms with Crippen molar-refractivity contribution >= 4 is 23.6 Å². The van der Waals surface area contributed by atoms with E-state index in [4.69, 9.17) is 22.3 Å². The van der Waals surface area contributed by atoms with Gasteiger partial charge < -0.3 is 22.3 Å². The summed E-state index contributed by atoms with van der Waals surface area (Å²) in [6, 6.07) is 13.8. The van der Waals surface area contributed by atoms with Gasteiger partial charge in [-0.25, -0.2) is 9.79 Å². The van der Waals surface area contributed by atoms with Crippen LogP contribution in [-0.4, -0.2) is 23.0 Å². The Labute approximate surface area is 126 Å². The number of rotatable bonds is 3. The van der Waals surface area contributed by atoms with Crippen molar-refractivity contribution in [2.75, 3.05) is 0 Å². The molecule has 0 atom stereocenters. The van der Waals surface area contributed by atoms with Crippen LogP contribution in [0.2, 0.25) is 0 Å². The maximum absolute atomic E-state index is 10.8. The van der Waals surface area contributed by atoms with Gasteiger partial charge in [-0.1, -0.05) is 24.3 Å². The standard InChI is InChI=1S/C15H15N5O2/c16-14(17)20-15(18)19-12-3-1-2-11(8-12)9-4-6-10(7-5-9)13(21)22/h1-8H,(H,21,22)(H6,16,17,18,19,20). The van der Waals surface area contributed by atoms with Crippen molar-refractivity contribution in [2.45, 2.75) is 0 Å². The highest BCUT2D eigenvalue weighted by Gasteiger charge is 2.04. The number of hydrogen-bond acceptors (Lipinski definition) is 2. The van der Waals surface area contributed by atoms with Crippen LogP contribution in [0, 0.1) is 0 Å². The molecule has 0 amide bonds. The van der Waals surface area contributed by atoms with Gasteiger partial charge >= 0.3 is 5.97 Å². The molecule has 7 heteroatoms. The van der Waals surface area contributed by atoms with E-state index in [0.29, 0.717) is 5.69 Å². The average molecular weight is 297 g/mol. The van der Waals surface area contributed by atoms with E-state index in [1.165, 1.54) is 0 Å². The van der Waals surface area contributed by atoms with Crippen molar-refractivity contribution in [1.29, 1.82) is 0 Å². The maximum atomic E-state index is 10.8. The number of benzene rings is 2. The lowest BCUT2D eigenvalue weighted by molar-refractivity contribution is 0.0697. The van der Waals surface area contributed by atoms with E-state index in [9.17, 15) is 4.79 Å². The molecule has 0 saturated carbocycles. The van der Waals surface area contributed by atoms with Gasteiger partial charge in [-0.05, 0) is 35.4 Å². The molecule has 7 N–H and O–H groups in total. The second-order valence-corrected chi connectivity index (χ2v) is 4.44. The zero-order valence-electron chi connectivity index (χ0n) is 11.6. The van der Waals surface area contributed by atoms with Crippen LogP contribution in [-0.2, 0) is 0 Å². The van der Waals surface area contributed by atoms with E-state index >= 15 is 0 Å². The van der Waals surface area contributed by atoms with Gasteiger partial charge in [0.25, 0.3) is 0 Å². The predicted octanol–water partition coefficient (Wildman–Crippen LogP) is 1.27. The fourth-order valence-electron chi connectivity index (χ4n) is 1.85. The molecule has 2 aromatic rings. The molecule has 0 aliphatic heterocycles. The van der Waals surface area contributed by atoms with E-state index < -0.39 is 5.97 Å². The normalized spacial score (nSPS) is 11.0. The molecule has 0 fully saturated rings. The highest BCUT2D eigenvalue weighted by atomic mass is 16.4. The van der Waals surface area contributed by atoms with Crippen molar-refractivity contribution < 1.29 is 9.90 Å². The first-order chi connectivity index (χ1) is 10.5. The number of aromatic carboxylic acids is 1. The second kappa shape index (κ2) is 6.40. The summed E-state index contributed by atoms with van der Waals surface area (Å²) in [5.41, 5.74) is 18.6. The molecular weight excluding hydrogens is 282 g/mol. The van der Waals surface area contributed by atoms with Crippen LogP contribution in [0.1, 0.15) is 10.4 Å². The van der Waals surface area contributed by atoms with E-state index in [2.05, 4.69) is 9.98 Å². The van der Waals surface area contributed by atoms with E-state index in [1.807, 2.05) is 12.1 Å². The summed E-state index contributed by atoms with van der Waals surface area (Å²) in [5.74, 6) is -1.17. The monoisotopic (exact) mass is 297 g/mol. The van der Waals surface area contributed by atoms with Crippen molar-refractivity contribution in [2.24, 2.45) is 27.2 Å². The molecule has 0 heterocycles. The topological polar surface area (TPSA) is 140 Å². The van der Waals surface area contributed by atoms with Crippen LogP contribution in [0.3, 0.4) is 0 Å². The minimum Gasteiger partial charge on any atom is -0.478 e. The summed E-state index contributed by atoms with van der Waals surface area (Å²) in [6.45, 7) is 0. The van der Waals surface area contributed by atoms with E-state index in [-0.39, 0.29) is 17.5 Å². The number of nitrogens with two attached hydrogens (primary N) is 3. The average Bonchev–Trinajstić information content (AvgIpc) is 2.46. The molecule has 0 bridgehead atoms. The summed E-state index contributed by atoms with van der Waals surface area (Å²) in [6.07, 6.45) is 0. The predicted molar refractivity (Wildman–Crippen MR) is 85.9 cm³/mol. The first-order valence-corrected chi connectivity index (χ1v) is 6.33. The minimum absolute atomic E-state index is 0.0432. The van der Waals surface area contributed by atoms with Gasteiger partial charge in [0.15, 0.2) is 5.96 Å². The van der Waals surface area contributed by atoms with Gasteiger partial charge in [0, 0.05) is 0 Å². The van der Waals surface area contributed by atoms with Gasteiger partial charge in [-0.2, -0.15) is 4.99 Å². The summed E-state index contributed by atoms with van der Waals surface area (Å²) in [5, 5.41) is 8.90. The molecule has 7 nitrogen and oxygen atoms in total. The Balaban J connectivity index is 2.32. The fraction of sp³-hybridized carbons (Fsp3) is 0. The van der Waals surface area contributed by atoms with Crippen LogP contribution in [0.5, 0.6) is 0 Å². The summed E-state index contributed by atoms with van der Waals surface area (Å²) < 4.78 is 0. The van der Waals surface area contributed by atoms with Crippen LogP contribution in [0.4, 0.5) is 5.69 Å².